The van der Waals surface area contributed by atoms with Crippen LogP contribution >= 0.6 is 0 Å². The highest BCUT2D eigenvalue weighted by Gasteiger charge is 2.29. The van der Waals surface area contributed by atoms with E-state index in [9.17, 15) is 18.0 Å². The first-order valence-electron chi connectivity index (χ1n) is 5.24. The van der Waals surface area contributed by atoms with Crippen LogP contribution < -0.4 is 9.47 Å². The van der Waals surface area contributed by atoms with Crippen LogP contribution in [0.1, 0.15) is 22.8 Å². The summed E-state index contributed by atoms with van der Waals surface area (Å²) in [6.45, 7) is 0.138. The lowest BCUT2D eigenvalue weighted by Gasteiger charge is -2.16. The van der Waals surface area contributed by atoms with Crippen molar-refractivity contribution in [3.05, 3.63) is 22.8 Å². The molecule has 0 saturated heterocycles. The van der Waals surface area contributed by atoms with Crippen LogP contribution in [0.25, 0.3) is 0 Å². The number of hydrogen-bond donors (Lipinski definition) is 0. The maximum atomic E-state index is 14.1. The Balaban J connectivity index is 3.70. The molecule has 0 amide bonds. The maximum absolute atomic E-state index is 14.1. The van der Waals surface area contributed by atoms with Gasteiger partial charge in [0.2, 0.25) is 11.6 Å². The van der Waals surface area contributed by atoms with E-state index in [0.717, 1.165) is 7.11 Å². The lowest BCUT2D eigenvalue weighted by atomic mass is 10.0. The van der Waals surface area contributed by atoms with Crippen LogP contribution in [0.3, 0.4) is 0 Å². The van der Waals surface area contributed by atoms with Crippen LogP contribution in [0.15, 0.2) is 0 Å². The van der Waals surface area contributed by atoms with E-state index in [0.29, 0.717) is 0 Å². The molecule has 18 heavy (non-hydrogen) atoms. The summed E-state index contributed by atoms with van der Waals surface area (Å²) in [6.07, 6.45) is 0.0997. The number of ether oxygens (including phenoxy) is 2. The van der Waals surface area contributed by atoms with Crippen molar-refractivity contribution in [2.24, 2.45) is 0 Å². The fourth-order valence-electron chi connectivity index (χ4n) is 1.73. The fraction of sp³-hybridized carbons (Fsp3) is 0.417. The summed E-state index contributed by atoms with van der Waals surface area (Å²) in [5.74, 6) is -4.14. The molecule has 0 heterocycles. The second-order valence-electron chi connectivity index (χ2n) is 3.46. The minimum Gasteiger partial charge on any atom is -0.493 e. The van der Waals surface area contributed by atoms with E-state index in [4.69, 9.17) is 4.74 Å². The number of carbonyl (C=O) groups excluding carboxylic acids is 1. The second kappa shape index (κ2) is 5.75. The van der Waals surface area contributed by atoms with Gasteiger partial charge in [0.15, 0.2) is 18.2 Å². The number of rotatable bonds is 5. The predicted octanol–water partition coefficient (Wildman–Crippen LogP) is 2.70. The third-order valence-corrected chi connectivity index (χ3v) is 2.55. The van der Waals surface area contributed by atoms with E-state index in [-0.39, 0.29) is 17.7 Å². The van der Waals surface area contributed by atoms with E-state index in [1.54, 1.807) is 6.92 Å². The molecule has 0 aliphatic carbocycles. The zero-order valence-corrected chi connectivity index (χ0v) is 10.3. The molecular formula is C12H13F3O3. The summed E-state index contributed by atoms with van der Waals surface area (Å²) in [7, 11) is 2.24. The molecule has 6 heteroatoms. The molecule has 0 bridgehead atoms. The number of hydrogen-bond acceptors (Lipinski definition) is 3. The molecule has 0 aromatic heterocycles. The highest BCUT2D eigenvalue weighted by Crippen LogP contribution is 2.37. The van der Waals surface area contributed by atoms with Gasteiger partial charge in [0, 0.05) is 5.56 Å². The van der Waals surface area contributed by atoms with Gasteiger partial charge in [0.1, 0.15) is 11.4 Å². The largest absolute Gasteiger partial charge is 0.493 e. The molecule has 100 valence electrons. The maximum Gasteiger partial charge on any atom is 0.208 e. The normalized spacial score (nSPS) is 10.3. The minimum absolute atomic E-state index is 0.0997. The van der Waals surface area contributed by atoms with Crippen LogP contribution in [-0.4, -0.2) is 26.7 Å². The first kappa shape index (κ1) is 14.3. The number of Topliss-reactive ketones (excluding diaryl/α,β-unsaturated/α-hetero) is 1. The topological polar surface area (TPSA) is 35.5 Å². The Labute approximate surface area is 103 Å². The first-order valence-corrected chi connectivity index (χ1v) is 5.24. The standard InChI is InChI=1S/C12H13F3O3/c1-4-6-9(14)8(7(16)5-13)12(18-3)10(15)11(6)17-2/h4-5H2,1-3H3. The van der Waals surface area contributed by atoms with Crippen molar-refractivity contribution in [3.63, 3.8) is 0 Å². The Hall–Kier alpha value is -1.72. The molecule has 0 N–H and O–H groups in total. The molecule has 1 aromatic carbocycles. The van der Waals surface area contributed by atoms with Crippen molar-refractivity contribution in [2.75, 3.05) is 20.9 Å². The Morgan fingerprint density at radius 2 is 1.67 bits per heavy atom. The molecular weight excluding hydrogens is 249 g/mol. The number of halogens is 3. The molecule has 0 radical (unpaired) electrons. The highest BCUT2D eigenvalue weighted by atomic mass is 19.1. The van der Waals surface area contributed by atoms with E-state index in [1.165, 1.54) is 7.11 Å². The van der Waals surface area contributed by atoms with Crippen molar-refractivity contribution in [1.82, 2.24) is 0 Å². The summed E-state index contributed by atoms with van der Waals surface area (Å²) in [6, 6.07) is 0. The van der Waals surface area contributed by atoms with Crippen molar-refractivity contribution >= 4 is 5.78 Å². The van der Waals surface area contributed by atoms with Crippen molar-refractivity contribution in [2.45, 2.75) is 13.3 Å². The summed E-state index contributed by atoms with van der Waals surface area (Å²) in [5.41, 5.74) is -0.831. The molecule has 0 saturated carbocycles. The van der Waals surface area contributed by atoms with Crippen LogP contribution in [0.5, 0.6) is 11.5 Å². The van der Waals surface area contributed by atoms with Crippen LogP contribution in [-0.2, 0) is 6.42 Å². The van der Waals surface area contributed by atoms with Gasteiger partial charge >= 0.3 is 0 Å². The third kappa shape index (κ3) is 2.14. The van der Waals surface area contributed by atoms with E-state index in [1.807, 2.05) is 0 Å². The lowest BCUT2D eigenvalue weighted by Crippen LogP contribution is -2.12. The molecule has 0 aliphatic heterocycles. The molecule has 0 fully saturated rings. The van der Waals surface area contributed by atoms with Crippen molar-refractivity contribution in [1.29, 1.82) is 0 Å². The zero-order valence-electron chi connectivity index (χ0n) is 10.3. The zero-order chi connectivity index (χ0) is 13.9. The quantitative estimate of drug-likeness (QED) is 0.765. The smallest absolute Gasteiger partial charge is 0.208 e. The average molecular weight is 262 g/mol. The second-order valence-corrected chi connectivity index (χ2v) is 3.46. The third-order valence-electron chi connectivity index (χ3n) is 2.55. The number of benzene rings is 1. The van der Waals surface area contributed by atoms with Crippen LogP contribution in [0.2, 0.25) is 0 Å². The van der Waals surface area contributed by atoms with Gasteiger partial charge in [-0.1, -0.05) is 6.92 Å². The van der Waals surface area contributed by atoms with E-state index >= 15 is 0 Å². The average Bonchev–Trinajstić information content (AvgIpc) is 2.38. The first-order chi connectivity index (χ1) is 8.53. The molecule has 0 atom stereocenters. The van der Waals surface area contributed by atoms with Gasteiger partial charge in [-0.2, -0.15) is 4.39 Å². The number of ketones is 1. The summed E-state index contributed by atoms with van der Waals surface area (Å²) in [5, 5.41) is 0. The minimum atomic E-state index is -1.43. The van der Waals surface area contributed by atoms with E-state index < -0.39 is 35.4 Å². The predicted molar refractivity (Wildman–Crippen MR) is 59.1 cm³/mol. The van der Waals surface area contributed by atoms with Crippen LogP contribution in [0.4, 0.5) is 13.2 Å². The molecule has 0 spiro atoms. The number of alkyl halides is 1. The Morgan fingerprint density at radius 1 is 1.11 bits per heavy atom. The van der Waals surface area contributed by atoms with Gasteiger partial charge in [-0.25, -0.2) is 8.78 Å². The Morgan fingerprint density at radius 3 is 2.06 bits per heavy atom. The summed E-state index contributed by atoms with van der Waals surface area (Å²) >= 11 is 0. The van der Waals surface area contributed by atoms with Gasteiger partial charge in [-0.05, 0) is 6.42 Å². The summed E-state index contributed by atoms with van der Waals surface area (Å²) < 4.78 is 49.8. The Bertz CT molecular complexity index is 472. The monoisotopic (exact) mass is 262 g/mol. The molecule has 1 rings (SSSR count). The van der Waals surface area contributed by atoms with Gasteiger partial charge in [-0.3, -0.25) is 4.79 Å². The molecule has 0 aliphatic rings. The molecule has 3 nitrogen and oxygen atoms in total. The Kier molecular flexibility index (Phi) is 4.58. The fourth-order valence-corrected chi connectivity index (χ4v) is 1.73. The van der Waals surface area contributed by atoms with Crippen molar-refractivity contribution < 1.29 is 27.4 Å². The van der Waals surface area contributed by atoms with Crippen LogP contribution in [0, 0.1) is 11.6 Å². The van der Waals surface area contributed by atoms with Gasteiger partial charge in [-0.15, -0.1) is 0 Å². The highest BCUT2D eigenvalue weighted by molar-refractivity contribution is 6.00. The van der Waals surface area contributed by atoms with Gasteiger partial charge < -0.3 is 9.47 Å². The molecule has 1 aromatic rings. The van der Waals surface area contributed by atoms with Gasteiger partial charge in [0.25, 0.3) is 0 Å². The molecule has 0 unspecified atom stereocenters. The lowest BCUT2D eigenvalue weighted by molar-refractivity contribution is 0.0950. The SMILES string of the molecule is CCc1c(F)c(C(=O)CF)c(OC)c(F)c1OC. The van der Waals surface area contributed by atoms with E-state index in [2.05, 4.69) is 4.74 Å². The van der Waals surface area contributed by atoms with Crippen molar-refractivity contribution in [3.8, 4) is 11.5 Å². The van der Waals surface area contributed by atoms with Gasteiger partial charge in [0.05, 0.1) is 14.2 Å². The number of methoxy groups -OCH3 is 2. The number of carbonyl (C=O) groups is 1. The summed E-state index contributed by atoms with van der Waals surface area (Å²) in [4.78, 5) is 11.3.